The van der Waals surface area contributed by atoms with Gasteiger partial charge in [-0.3, -0.25) is 4.79 Å². The molecule has 1 aromatic rings. The standard InChI is InChI=1S/C14H17ClO3/c1-3-12-10(8-11(16)9-15)6-5-7-13(12)14(17)18-4-2/h5-7H,3-4,8-9H2,1-2H3. The van der Waals surface area contributed by atoms with E-state index in [0.29, 0.717) is 18.6 Å². The van der Waals surface area contributed by atoms with E-state index in [-0.39, 0.29) is 24.1 Å². The Hall–Kier alpha value is -1.35. The highest BCUT2D eigenvalue weighted by atomic mass is 35.5. The summed E-state index contributed by atoms with van der Waals surface area (Å²) in [6.07, 6.45) is 0.944. The number of ketones is 1. The van der Waals surface area contributed by atoms with E-state index in [1.807, 2.05) is 13.0 Å². The molecule has 0 aromatic heterocycles. The van der Waals surface area contributed by atoms with Crippen molar-refractivity contribution in [2.24, 2.45) is 0 Å². The molecule has 0 saturated carbocycles. The lowest BCUT2D eigenvalue weighted by molar-refractivity contribution is -0.116. The van der Waals surface area contributed by atoms with Gasteiger partial charge in [0.25, 0.3) is 0 Å². The third-order valence-electron chi connectivity index (χ3n) is 2.66. The molecule has 0 atom stereocenters. The van der Waals surface area contributed by atoms with E-state index < -0.39 is 0 Å². The van der Waals surface area contributed by atoms with Gasteiger partial charge >= 0.3 is 5.97 Å². The van der Waals surface area contributed by atoms with Crippen LogP contribution in [0.2, 0.25) is 0 Å². The van der Waals surface area contributed by atoms with Gasteiger partial charge in [0.15, 0.2) is 5.78 Å². The topological polar surface area (TPSA) is 43.4 Å². The van der Waals surface area contributed by atoms with Crippen LogP contribution in [0.1, 0.15) is 35.3 Å². The van der Waals surface area contributed by atoms with Crippen molar-refractivity contribution in [2.45, 2.75) is 26.7 Å². The maximum Gasteiger partial charge on any atom is 0.338 e. The van der Waals surface area contributed by atoms with Gasteiger partial charge < -0.3 is 4.74 Å². The largest absolute Gasteiger partial charge is 0.462 e. The molecule has 0 spiro atoms. The molecule has 0 radical (unpaired) electrons. The Bertz CT molecular complexity index is 441. The zero-order chi connectivity index (χ0) is 13.5. The lowest BCUT2D eigenvalue weighted by Gasteiger charge is -2.12. The van der Waals surface area contributed by atoms with Gasteiger partial charge in [-0.1, -0.05) is 19.1 Å². The molecule has 0 aliphatic heterocycles. The molecule has 3 nitrogen and oxygen atoms in total. The van der Waals surface area contributed by atoms with Crippen LogP contribution in [0.5, 0.6) is 0 Å². The second kappa shape index (κ2) is 7.17. The number of benzene rings is 1. The molecule has 18 heavy (non-hydrogen) atoms. The van der Waals surface area contributed by atoms with Gasteiger partial charge in [0.05, 0.1) is 18.1 Å². The molecule has 4 heteroatoms. The molecule has 0 bridgehead atoms. The van der Waals surface area contributed by atoms with Crippen LogP contribution in [0, 0.1) is 0 Å². The second-order valence-corrected chi connectivity index (χ2v) is 4.13. The van der Waals surface area contributed by atoms with Crippen molar-refractivity contribution in [3.05, 3.63) is 34.9 Å². The Morgan fingerprint density at radius 1 is 1.28 bits per heavy atom. The quantitative estimate of drug-likeness (QED) is 0.589. The summed E-state index contributed by atoms with van der Waals surface area (Å²) in [6, 6.07) is 5.35. The van der Waals surface area contributed by atoms with Gasteiger partial charge in [0.1, 0.15) is 0 Å². The van der Waals surface area contributed by atoms with Crippen LogP contribution in [0.25, 0.3) is 0 Å². The number of esters is 1. The SMILES string of the molecule is CCOC(=O)c1cccc(CC(=O)CCl)c1CC. The van der Waals surface area contributed by atoms with Crippen molar-refractivity contribution in [2.75, 3.05) is 12.5 Å². The number of carbonyl (C=O) groups is 2. The molecule has 98 valence electrons. The first-order valence-electron chi connectivity index (χ1n) is 5.99. The highest BCUT2D eigenvalue weighted by molar-refractivity contribution is 6.27. The maximum absolute atomic E-state index is 11.8. The first-order valence-corrected chi connectivity index (χ1v) is 6.53. The van der Waals surface area contributed by atoms with Gasteiger partial charge in [0, 0.05) is 6.42 Å². The third kappa shape index (κ3) is 3.57. The molecule has 1 aromatic carbocycles. The normalized spacial score (nSPS) is 10.2. The molecule has 0 aliphatic carbocycles. The van der Waals surface area contributed by atoms with Gasteiger partial charge in [-0.25, -0.2) is 4.79 Å². The maximum atomic E-state index is 11.8. The van der Waals surface area contributed by atoms with Crippen LogP contribution in [0.4, 0.5) is 0 Å². The Kier molecular flexibility index (Phi) is 5.86. The van der Waals surface area contributed by atoms with Crippen molar-refractivity contribution in [1.82, 2.24) is 0 Å². The first kappa shape index (κ1) is 14.7. The van der Waals surface area contributed by atoms with E-state index in [9.17, 15) is 9.59 Å². The van der Waals surface area contributed by atoms with E-state index in [1.54, 1.807) is 19.1 Å². The first-order chi connectivity index (χ1) is 8.63. The molecular formula is C14H17ClO3. The molecule has 1 rings (SSSR count). The molecule has 0 saturated heterocycles. The highest BCUT2D eigenvalue weighted by Crippen LogP contribution is 2.18. The monoisotopic (exact) mass is 268 g/mol. The summed E-state index contributed by atoms with van der Waals surface area (Å²) >= 11 is 5.51. The number of rotatable bonds is 6. The predicted molar refractivity (Wildman–Crippen MR) is 71.2 cm³/mol. The molecule has 0 aliphatic rings. The molecule has 0 amide bonds. The summed E-state index contributed by atoms with van der Waals surface area (Å²) in [7, 11) is 0. The second-order valence-electron chi connectivity index (χ2n) is 3.87. The van der Waals surface area contributed by atoms with Gasteiger partial charge in [-0.05, 0) is 30.5 Å². The van der Waals surface area contributed by atoms with Crippen LogP contribution in [0.15, 0.2) is 18.2 Å². The van der Waals surface area contributed by atoms with Crippen LogP contribution in [-0.4, -0.2) is 24.2 Å². The van der Waals surface area contributed by atoms with Gasteiger partial charge in [-0.2, -0.15) is 0 Å². The van der Waals surface area contributed by atoms with Crippen molar-refractivity contribution in [3.63, 3.8) is 0 Å². The fourth-order valence-electron chi connectivity index (χ4n) is 1.88. The fourth-order valence-corrected chi connectivity index (χ4v) is 1.97. The third-order valence-corrected chi connectivity index (χ3v) is 2.96. The Morgan fingerprint density at radius 3 is 2.56 bits per heavy atom. The van der Waals surface area contributed by atoms with Crippen molar-refractivity contribution < 1.29 is 14.3 Å². The van der Waals surface area contributed by atoms with E-state index in [4.69, 9.17) is 16.3 Å². The Labute approximate surface area is 112 Å². The minimum absolute atomic E-state index is 0.00715. The van der Waals surface area contributed by atoms with Crippen molar-refractivity contribution in [3.8, 4) is 0 Å². The number of ether oxygens (including phenoxy) is 1. The predicted octanol–water partition coefficient (Wildman–Crippen LogP) is 2.78. The summed E-state index contributed by atoms with van der Waals surface area (Å²) in [5, 5.41) is 0. The summed E-state index contributed by atoms with van der Waals surface area (Å²) < 4.78 is 5.01. The van der Waals surface area contributed by atoms with Crippen LogP contribution < -0.4 is 0 Å². The van der Waals surface area contributed by atoms with Crippen molar-refractivity contribution >= 4 is 23.4 Å². The van der Waals surface area contributed by atoms with Crippen LogP contribution in [-0.2, 0) is 22.4 Å². The smallest absolute Gasteiger partial charge is 0.338 e. The lowest BCUT2D eigenvalue weighted by Crippen LogP contribution is -2.12. The van der Waals surface area contributed by atoms with Crippen LogP contribution >= 0.6 is 11.6 Å². The Morgan fingerprint density at radius 2 is 2.00 bits per heavy atom. The Balaban J connectivity index is 3.09. The van der Waals surface area contributed by atoms with E-state index in [2.05, 4.69) is 0 Å². The summed E-state index contributed by atoms with van der Waals surface area (Å²) in [5.41, 5.74) is 2.27. The molecule has 0 N–H and O–H groups in total. The van der Waals surface area contributed by atoms with Crippen molar-refractivity contribution in [1.29, 1.82) is 0 Å². The number of carbonyl (C=O) groups excluding carboxylic acids is 2. The molecule has 0 fully saturated rings. The number of hydrogen-bond donors (Lipinski definition) is 0. The highest BCUT2D eigenvalue weighted by Gasteiger charge is 2.15. The summed E-state index contributed by atoms with van der Waals surface area (Å²) in [4.78, 5) is 23.2. The zero-order valence-corrected chi connectivity index (χ0v) is 11.4. The minimum Gasteiger partial charge on any atom is -0.462 e. The van der Waals surface area contributed by atoms with E-state index in [1.165, 1.54) is 0 Å². The average molecular weight is 269 g/mol. The van der Waals surface area contributed by atoms with E-state index in [0.717, 1.165) is 11.1 Å². The zero-order valence-electron chi connectivity index (χ0n) is 10.7. The van der Waals surface area contributed by atoms with Gasteiger partial charge in [0.2, 0.25) is 0 Å². The average Bonchev–Trinajstić information content (AvgIpc) is 2.38. The number of Topliss-reactive ketones (excluding diaryl/α,β-unsaturated/α-hetero) is 1. The minimum atomic E-state index is -0.338. The number of halogens is 1. The van der Waals surface area contributed by atoms with E-state index >= 15 is 0 Å². The van der Waals surface area contributed by atoms with Gasteiger partial charge in [-0.15, -0.1) is 11.6 Å². The molecule has 0 heterocycles. The summed E-state index contributed by atoms with van der Waals surface area (Å²) in [5.74, 6) is -0.394. The molecular weight excluding hydrogens is 252 g/mol. The number of alkyl halides is 1. The summed E-state index contributed by atoms with van der Waals surface area (Å²) in [6.45, 7) is 4.06. The lowest BCUT2D eigenvalue weighted by atomic mass is 9.95. The molecule has 0 unspecified atom stereocenters. The number of hydrogen-bond acceptors (Lipinski definition) is 3. The van der Waals surface area contributed by atoms with Crippen LogP contribution in [0.3, 0.4) is 0 Å². The fraction of sp³-hybridized carbons (Fsp3) is 0.429.